The van der Waals surface area contributed by atoms with Crippen LogP contribution < -0.4 is 4.72 Å². The first kappa shape index (κ1) is 16.7. The molecule has 1 rings (SSSR count). The lowest BCUT2D eigenvalue weighted by Gasteiger charge is -2.07. The lowest BCUT2D eigenvalue weighted by atomic mass is 10.1. The summed E-state index contributed by atoms with van der Waals surface area (Å²) in [6.07, 6.45) is 0. The van der Waals surface area contributed by atoms with Gasteiger partial charge in [-0.3, -0.25) is 0 Å². The zero-order valence-corrected chi connectivity index (χ0v) is 12.2. The van der Waals surface area contributed by atoms with E-state index in [0.29, 0.717) is 6.61 Å². The van der Waals surface area contributed by atoms with Crippen molar-refractivity contribution in [1.29, 1.82) is 0 Å². The molecule has 2 N–H and O–H groups in total. The van der Waals surface area contributed by atoms with E-state index in [0.717, 1.165) is 11.1 Å². The van der Waals surface area contributed by atoms with Crippen LogP contribution in [0.4, 0.5) is 0 Å². The first-order chi connectivity index (χ1) is 9.57. The van der Waals surface area contributed by atoms with Gasteiger partial charge in [0.25, 0.3) is 0 Å². The lowest BCUT2D eigenvalue weighted by molar-refractivity contribution is 0.163. The van der Waals surface area contributed by atoms with E-state index in [9.17, 15) is 8.42 Å². The average Bonchev–Trinajstić information content (AvgIpc) is 2.44. The number of benzene rings is 1. The molecular weight excluding hydrogens is 278 g/mol. The Bertz CT molecular complexity index is 555. The monoisotopic (exact) mass is 297 g/mol. The molecule has 20 heavy (non-hydrogen) atoms. The number of nitrogens with one attached hydrogen (secondary N) is 1. The van der Waals surface area contributed by atoms with E-state index in [1.165, 1.54) is 0 Å². The molecule has 0 spiro atoms. The highest BCUT2D eigenvalue weighted by Gasteiger charge is 2.09. The van der Waals surface area contributed by atoms with Crippen LogP contribution in [-0.4, -0.2) is 39.1 Å². The Morgan fingerprint density at radius 2 is 2.00 bits per heavy atom. The first-order valence-corrected chi connectivity index (χ1v) is 7.96. The second kappa shape index (κ2) is 8.72. The Kier molecular flexibility index (Phi) is 7.26. The van der Waals surface area contributed by atoms with Gasteiger partial charge in [0, 0.05) is 18.7 Å². The van der Waals surface area contributed by atoms with Crippen molar-refractivity contribution in [3.05, 3.63) is 35.4 Å². The van der Waals surface area contributed by atoms with Crippen LogP contribution in [0.5, 0.6) is 0 Å². The second-order valence-corrected chi connectivity index (χ2v) is 5.92. The van der Waals surface area contributed by atoms with E-state index in [1.54, 1.807) is 24.3 Å². The standard InChI is InChI=1S/C14H19NO4S/c1-2-19-10-11-20(17,18)15-12-14-7-5-13(6-8-14)4-3-9-16/h5-8,15-16H,2,9-12H2,1H3. The summed E-state index contributed by atoms with van der Waals surface area (Å²) in [6, 6.07) is 7.16. The van der Waals surface area contributed by atoms with Crippen molar-refractivity contribution in [2.45, 2.75) is 13.5 Å². The van der Waals surface area contributed by atoms with Crippen molar-refractivity contribution in [3.8, 4) is 11.8 Å². The van der Waals surface area contributed by atoms with Crippen molar-refractivity contribution in [2.75, 3.05) is 25.6 Å². The molecule has 0 aromatic heterocycles. The van der Waals surface area contributed by atoms with E-state index < -0.39 is 10.0 Å². The zero-order valence-electron chi connectivity index (χ0n) is 11.4. The number of hydrogen-bond donors (Lipinski definition) is 2. The third-order valence-corrected chi connectivity index (χ3v) is 3.75. The number of ether oxygens (including phenoxy) is 1. The van der Waals surface area contributed by atoms with E-state index in [-0.39, 0.29) is 25.5 Å². The molecule has 0 heterocycles. The fourth-order valence-corrected chi connectivity index (χ4v) is 2.29. The Balaban J connectivity index is 2.49. The van der Waals surface area contributed by atoms with Gasteiger partial charge in [-0.25, -0.2) is 13.1 Å². The molecular formula is C14H19NO4S. The van der Waals surface area contributed by atoms with Gasteiger partial charge in [-0.2, -0.15) is 0 Å². The summed E-state index contributed by atoms with van der Waals surface area (Å²) in [4.78, 5) is 0. The maximum Gasteiger partial charge on any atom is 0.214 e. The van der Waals surface area contributed by atoms with Crippen LogP contribution in [-0.2, 0) is 21.3 Å². The number of hydrogen-bond acceptors (Lipinski definition) is 4. The van der Waals surface area contributed by atoms with Gasteiger partial charge in [-0.1, -0.05) is 24.0 Å². The Morgan fingerprint density at radius 3 is 2.60 bits per heavy atom. The fourth-order valence-electron chi connectivity index (χ4n) is 1.43. The summed E-state index contributed by atoms with van der Waals surface area (Å²) < 4.78 is 30.8. The molecule has 0 aliphatic heterocycles. The molecule has 0 amide bonds. The van der Waals surface area contributed by atoms with Gasteiger partial charge in [0.1, 0.15) is 6.61 Å². The smallest absolute Gasteiger partial charge is 0.214 e. The quantitative estimate of drug-likeness (QED) is 0.567. The van der Waals surface area contributed by atoms with Crippen LogP contribution >= 0.6 is 0 Å². The molecule has 0 saturated heterocycles. The van der Waals surface area contributed by atoms with Crippen LogP contribution in [0.1, 0.15) is 18.1 Å². The maximum atomic E-state index is 11.6. The van der Waals surface area contributed by atoms with Crippen molar-refractivity contribution >= 4 is 10.0 Å². The predicted molar refractivity (Wildman–Crippen MR) is 77.5 cm³/mol. The zero-order chi connectivity index (χ0) is 14.8. The molecule has 1 aromatic rings. The number of rotatable bonds is 7. The molecule has 0 saturated carbocycles. The van der Waals surface area contributed by atoms with Gasteiger partial charge in [0.2, 0.25) is 10.0 Å². The van der Waals surface area contributed by atoms with Crippen LogP contribution in [0.25, 0.3) is 0 Å². The molecule has 0 bridgehead atoms. The molecule has 0 radical (unpaired) electrons. The molecule has 5 nitrogen and oxygen atoms in total. The summed E-state index contributed by atoms with van der Waals surface area (Å²) in [5.41, 5.74) is 1.63. The van der Waals surface area contributed by atoms with Gasteiger partial charge in [0.15, 0.2) is 0 Å². The minimum absolute atomic E-state index is 0.0408. The van der Waals surface area contributed by atoms with Crippen molar-refractivity contribution in [2.24, 2.45) is 0 Å². The van der Waals surface area contributed by atoms with Gasteiger partial charge in [-0.05, 0) is 24.6 Å². The van der Waals surface area contributed by atoms with Crippen LogP contribution in [0.2, 0.25) is 0 Å². The van der Waals surface area contributed by atoms with E-state index in [4.69, 9.17) is 9.84 Å². The molecule has 6 heteroatoms. The predicted octanol–water partition coefficient (Wildman–Crippen LogP) is 0.486. The minimum atomic E-state index is -3.31. The molecule has 0 unspecified atom stereocenters. The minimum Gasteiger partial charge on any atom is -0.384 e. The normalized spacial score (nSPS) is 10.9. The van der Waals surface area contributed by atoms with E-state index in [2.05, 4.69) is 16.6 Å². The summed E-state index contributed by atoms with van der Waals surface area (Å²) in [5.74, 6) is 5.28. The van der Waals surface area contributed by atoms with Gasteiger partial charge < -0.3 is 9.84 Å². The molecule has 1 aromatic carbocycles. The SMILES string of the molecule is CCOCCS(=O)(=O)NCc1ccc(C#CCO)cc1. The maximum absolute atomic E-state index is 11.6. The molecule has 110 valence electrons. The third-order valence-electron chi connectivity index (χ3n) is 2.46. The Morgan fingerprint density at radius 1 is 1.30 bits per heavy atom. The average molecular weight is 297 g/mol. The van der Waals surface area contributed by atoms with E-state index in [1.807, 2.05) is 6.92 Å². The lowest BCUT2D eigenvalue weighted by Crippen LogP contribution is -2.28. The highest BCUT2D eigenvalue weighted by molar-refractivity contribution is 7.89. The highest BCUT2D eigenvalue weighted by atomic mass is 32.2. The number of aliphatic hydroxyl groups excluding tert-OH is 1. The van der Waals surface area contributed by atoms with Crippen LogP contribution in [0.15, 0.2) is 24.3 Å². The first-order valence-electron chi connectivity index (χ1n) is 6.31. The largest absolute Gasteiger partial charge is 0.384 e. The van der Waals surface area contributed by atoms with Gasteiger partial charge in [-0.15, -0.1) is 0 Å². The topological polar surface area (TPSA) is 75.6 Å². The molecule has 0 aliphatic carbocycles. The third kappa shape index (κ3) is 6.68. The number of sulfonamides is 1. The second-order valence-electron chi connectivity index (χ2n) is 3.99. The highest BCUT2D eigenvalue weighted by Crippen LogP contribution is 2.03. The van der Waals surface area contributed by atoms with Crippen molar-refractivity contribution in [1.82, 2.24) is 4.72 Å². The van der Waals surface area contributed by atoms with Crippen LogP contribution in [0, 0.1) is 11.8 Å². The summed E-state index contributed by atoms with van der Waals surface area (Å²) >= 11 is 0. The summed E-state index contributed by atoms with van der Waals surface area (Å²) in [6.45, 7) is 2.58. The van der Waals surface area contributed by atoms with Crippen molar-refractivity contribution in [3.63, 3.8) is 0 Å². The molecule has 0 fully saturated rings. The van der Waals surface area contributed by atoms with Crippen LogP contribution in [0.3, 0.4) is 0 Å². The van der Waals surface area contributed by atoms with Gasteiger partial charge >= 0.3 is 0 Å². The molecule has 0 atom stereocenters. The fraction of sp³-hybridized carbons (Fsp3) is 0.429. The van der Waals surface area contributed by atoms with E-state index >= 15 is 0 Å². The Hall–Kier alpha value is -1.39. The summed E-state index contributed by atoms with van der Waals surface area (Å²) in [7, 11) is -3.31. The summed E-state index contributed by atoms with van der Waals surface area (Å²) in [5, 5.41) is 8.58. The van der Waals surface area contributed by atoms with Crippen molar-refractivity contribution < 1.29 is 18.3 Å². The van der Waals surface area contributed by atoms with Gasteiger partial charge in [0.05, 0.1) is 12.4 Å². The number of aliphatic hydroxyl groups is 1. The Labute approximate surface area is 120 Å². The molecule has 0 aliphatic rings.